The smallest absolute Gasteiger partial charge is 0.236 e. The molecule has 6 heteroatoms. The monoisotopic (exact) mass is 345 g/mol. The maximum absolute atomic E-state index is 12.1. The van der Waals surface area contributed by atoms with Gasteiger partial charge in [0.25, 0.3) is 0 Å². The molecule has 1 aromatic heterocycles. The van der Waals surface area contributed by atoms with Crippen molar-refractivity contribution in [2.75, 3.05) is 26.7 Å². The Morgan fingerprint density at radius 2 is 2.26 bits per heavy atom. The van der Waals surface area contributed by atoms with Gasteiger partial charge < -0.3 is 10.6 Å². The van der Waals surface area contributed by atoms with Gasteiger partial charge in [-0.3, -0.25) is 9.69 Å². The van der Waals surface area contributed by atoms with Crippen molar-refractivity contribution in [3.8, 4) is 0 Å². The first-order valence-corrected chi connectivity index (χ1v) is 8.16. The largest absolute Gasteiger partial charge is 0.340 e. The van der Waals surface area contributed by atoms with E-state index < -0.39 is 0 Å². The Labute approximate surface area is 126 Å². The maximum atomic E-state index is 12.1. The molecule has 1 amide bonds. The number of halogens is 1. The number of hydrogen-bond donors (Lipinski definition) is 1. The van der Waals surface area contributed by atoms with Crippen LogP contribution in [0.4, 0.5) is 0 Å². The van der Waals surface area contributed by atoms with Gasteiger partial charge in [-0.25, -0.2) is 0 Å². The summed E-state index contributed by atoms with van der Waals surface area (Å²) < 4.78 is 1.10. The summed E-state index contributed by atoms with van der Waals surface area (Å²) >= 11 is 5.09. The highest BCUT2D eigenvalue weighted by atomic mass is 79.9. The Hall–Kier alpha value is -0.430. The molecular weight excluding hydrogens is 326 g/mol. The number of amides is 1. The Morgan fingerprint density at radius 1 is 1.58 bits per heavy atom. The third kappa shape index (κ3) is 4.56. The fourth-order valence-electron chi connectivity index (χ4n) is 2.21. The predicted octanol–water partition coefficient (Wildman–Crippen LogP) is 1.89. The van der Waals surface area contributed by atoms with Gasteiger partial charge in [0.1, 0.15) is 0 Å². The van der Waals surface area contributed by atoms with E-state index in [-0.39, 0.29) is 5.91 Å². The van der Waals surface area contributed by atoms with Gasteiger partial charge in [-0.05, 0) is 45.8 Å². The molecule has 2 heterocycles. The summed E-state index contributed by atoms with van der Waals surface area (Å²) in [5, 5.41) is 2.08. The Kier molecular flexibility index (Phi) is 5.38. The second kappa shape index (κ2) is 6.83. The van der Waals surface area contributed by atoms with E-state index in [0.29, 0.717) is 19.1 Å². The number of nitrogens with two attached hydrogens (primary N) is 1. The van der Waals surface area contributed by atoms with Crippen LogP contribution in [-0.2, 0) is 11.3 Å². The summed E-state index contributed by atoms with van der Waals surface area (Å²) in [4.78, 5) is 16.1. The van der Waals surface area contributed by atoms with Crippen molar-refractivity contribution in [1.29, 1.82) is 0 Å². The number of likely N-dealkylation sites (N-methyl/N-ethyl adjacent to an activating group) is 1. The van der Waals surface area contributed by atoms with E-state index in [2.05, 4.69) is 32.3 Å². The molecule has 0 atom stereocenters. The van der Waals surface area contributed by atoms with Crippen molar-refractivity contribution in [3.05, 3.63) is 20.8 Å². The standard InChI is InChI=1S/C13H20BrN3OS/c1-16(7-10-6-12(14)19-9-10)13(18)8-17-4-2-11(15)3-5-17/h6,9,11H,2-5,7-8,15H2,1H3. The molecule has 0 spiro atoms. The van der Waals surface area contributed by atoms with Crippen molar-refractivity contribution in [2.45, 2.75) is 25.4 Å². The van der Waals surface area contributed by atoms with E-state index >= 15 is 0 Å². The molecule has 106 valence electrons. The quantitative estimate of drug-likeness (QED) is 0.906. The minimum absolute atomic E-state index is 0.179. The summed E-state index contributed by atoms with van der Waals surface area (Å²) in [6.45, 7) is 3.05. The summed E-state index contributed by atoms with van der Waals surface area (Å²) in [7, 11) is 1.86. The van der Waals surface area contributed by atoms with Crippen LogP contribution in [-0.4, -0.2) is 48.4 Å². The van der Waals surface area contributed by atoms with Gasteiger partial charge in [0, 0.05) is 32.7 Å². The van der Waals surface area contributed by atoms with E-state index in [1.165, 1.54) is 5.56 Å². The lowest BCUT2D eigenvalue weighted by atomic mass is 10.1. The number of likely N-dealkylation sites (tertiary alicyclic amines) is 1. The SMILES string of the molecule is CN(Cc1csc(Br)c1)C(=O)CN1CCC(N)CC1. The second-order valence-electron chi connectivity index (χ2n) is 5.12. The highest BCUT2D eigenvalue weighted by Gasteiger charge is 2.20. The van der Waals surface area contributed by atoms with Crippen LogP contribution in [0, 0.1) is 0 Å². The van der Waals surface area contributed by atoms with Crippen molar-refractivity contribution in [1.82, 2.24) is 9.80 Å². The van der Waals surface area contributed by atoms with E-state index in [1.54, 1.807) is 16.2 Å². The summed E-state index contributed by atoms with van der Waals surface area (Å²) in [6.07, 6.45) is 1.99. The van der Waals surface area contributed by atoms with Crippen molar-refractivity contribution in [2.24, 2.45) is 5.73 Å². The van der Waals surface area contributed by atoms with E-state index in [9.17, 15) is 4.79 Å². The molecule has 2 N–H and O–H groups in total. The first-order valence-electron chi connectivity index (χ1n) is 6.49. The molecule has 1 aromatic rings. The van der Waals surface area contributed by atoms with E-state index in [1.807, 2.05) is 7.05 Å². The minimum Gasteiger partial charge on any atom is -0.340 e. The average molecular weight is 346 g/mol. The fourth-order valence-corrected chi connectivity index (χ4v) is 3.41. The first kappa shape index (κ1) is 15.0. The number of rotatable bonds is 4. The first-order chi connectivity index (χ1) is 9.04. The zero-order valence-electron chi connectivity index (χ0n) is 11.1. The molecule has 0 saturated carbocycles. The number of nitrogens with zero attached hydrogens (tertiary/aromatic N) is 2. The highest BCUT2D eigenvalue weighted by molar-refractivity contribution is 9.11. The molecule has 2 rings (SSSR count). The molecule has 1 fully saturated rings. The zero-order valence-corrected chi connectivity index (χ0v) is 13.5. The van der Waals surface area contributed by atoms with Crippen LogP contribution < -0.4 is 5.73 Å². The number of carbonyl (C=O) groups is 1. The van der Waals surface area contributed by atoms with E-state index in [0.717, 1.165) is 29.7 Å². The van der Waals surface area contributed by atoms with E-state index in [4.69, 9.17) is 5.73 Å². The lowest BCUT2D eigenvalue weighted by Gasteiger charge is -2.30. The lowest BCUT2D eigenvalue weighted by molar-refractivity contribution is -0.131. The lowest BCUT2D eigenvalue weighted by Crippen LogP contribution is -2.44. The molecule has 1 aliphatic rings. The summed E-state index contributed by atoms with van der Waals surface area (Å²) in [5.74, 6) is 0.179. The zero-order chi connectivity index (χ0) is 13.8. The summed E-state index contributed by atoms with van der Waals surface area (Å²) in [6, 6.07) is 2.38. The second-order valence-corrected chi connectivity index (χ2v) is 7.41. The van der Waals surface area contributed by atoms with Crippen LogP contribution >= 0.6 is 27.3 Å². The molecule has 0 bridgehead atoms. The highest BCUT2D eigenvalue weighted by Crippen LogP contribution is 2.21. The van der Waals surface area contributed by atoms with Crippen LogP contribution in [0.2, 0.25) is 0 Å². The molecule has 4 nitrogen and oxygen atoms in total. The number of carbonyl (C=O) groups excluding carboxylic acids is 1. The van der Waals surface area contributed by atoms with Gasteiger partial charge >= 0.3 is 0 Å². The molecule has 1 aliphatic heterocycles. The molecule has 19 heavy (non-hydrogen) atoms. The minimum atomic E-state index is 0.179. The number of thiophene rings is 1. The maximum Gasteiger partial charge on any atom is 0.236 e. The van der Waals surface area contributed by atoms with Crippen LogP contribution in [0.25, 0.3) is 0 Å². The number of piperidine rings is 1. The molecule has 0 radical (unpaired) electrons. The topological polar surface area (TPSA) is 49.6 Å². The third-order valence-corrected chi connectivity index (χ3v) is 5.01. The number of hydrogen-bond acceptors (Lipinski definition) is 4. The van der Waals surface area contributed by atoms with Crippen molar-refractivity contribution >= 4 is 33.2 Å². The molecule has 0 aromatic carbocycles. The van der Waals surface area contributed by atoms with Crippen LogP contribution in [0.15, 0.2) is 15.2 Å². The molecular formula is C13H20BrN3OS. The molecule has 0 unspecified atom stereocenters. The van der Waals surface area contributed by atoms with Gasteiger partial charge in [0.05, 0.1) is 10.3 Å². The normalized spacial score (nSPS) is 17.6. The Bertz CT molecular complexity index is 429. The van der Waals surface area contributed by atoms with Crippen LogP contribution in [0.5, 0.6) is 0 Å². The average Bonchev–Trinajstić information content (AvgIpc) is 2.77. The van der Waals surface area contributed by atoms with Crippen LogP contribution in [0.1, 0.15) is 18.4 Å². The third-order valence-electron chi connectivity index (χ3n) is 3.46. The molecule has 1 saturated heterocycles. The molecule has 0 aliphatic carbocycles. The predicted molar refractivity (Wildman–Crippen MR) is 82.1 cm³/mol. The van der Waals surface area contributed by atoms with Crippen molar-refractivity contribution < 1.29 is 4.79 Å². The van der Waals surface area contributed by atoms with Gasteiger partial charge in [0.15, 0.2) is 0 Å². The van der Waals surface area contributed by atoms with Gasteiger partial charge in [-0.15, -0.1) is 11.3 Å². The van der Waals surface area contributed by atoms with Crippen LogP contribution in [0.3, 0.4) is 0 Å². The fraction of sp³-hybridized carbons (Fsp3) is 0.615. The van der Waals surface area contributed by atoms with Gasteiger partial charge in [-0.2, -0.15) is 0 Å². The Balaban J connectivity index is 1.79. The van der Waals surface area contributed by atoms with Gasteiger partial charge in [-0.1, -0.05) is 0 Å². The van der Waals surface area contributed by atoms with Gasteiger partial charge in [0.2, 0.25) is 5.91 Å². The summed E-state index contributed by atoms with van der Waals surface area (Å²) in [5.41, 5.74) is 7.04. The Morgan fingerprint density at radius 3 is 2.84 bits per heavy atom. The van der Waals surface area contributed by atoms with Crippen molar-refractivity contribution in [3.63, 3.8) is 0 Å².